The molecule has 3 rings (SSSR count). The lowest BCUT2D eigenvalue weighted by atomic mass is 10.1. The first-order chi connectivity index (χ1) is 17.3. The molecule has 2 amide bonds. The Morgan fingerprint density at radius 3 is 1.44 bits per heavy atom. The van der Waals surface area contributed by atoms with E-state index in [9.17, 15) is 9.59 Å². The second-order valence-electron chi connectivity index (χ2n) is 9.57. The van der Waals surface area contributed by atoms with Crippen LogP contribution in [-0.4, -0.2) is 25.0 Å². The maximum Gasteiger partial charge on any atom is 0.255 e. The number of carbonyl (C=O) groups excluding carboxylic acids is 2. The quantitative estimate of drug-likeness (QED) is 0.287. The van der Waals surface area contributed by atoms with Crippen LogP contribution in [0.15, 0.2) is 72.8 Å². The Hall–Kier alpha value is -3.80. The van der Waals surface area contributed by atoms with E-state index in [4.69, 9.17) is 9.47 Å². The molecule has 190 valence electrons. The summed E-state index contributed by atoms with van der Waals surface area (Å²) < 4.78 is 11.6. The van der Waals surface area contributed by atoms with Gasteiger partial charge in [-0.15, -0.1) is 0 Å². The fourth-order valence-electron chi connectivity index (χ4n) is 3.37. The van der Waals surface area contributed by atoms with Crippen molar-refractivity contribution in [1.29, 1.82) is 0 Å². The van der Waals surface area contributed by atoms with Gasteiger partial charge in [0, 0.05) is 11.1 Å². The number of nitrogens with one attached hydrogen (secondary N) is 2. The zero-order valence-electron chi connectivity index (χ0n) is 21.5. The zero-order chi connectivity index (χ0) is 25.9. The normalized spacial score (nSPS) is 10.8. The molecule has 6 nitrogen and oxygen atoms in total. The minimum atomic E-state index is -0.286. The minimum absolute atomic E-state index is 0.286. The highest BCUT2D eigenvalue weighted by Gasteiger charge is 2.13. The molecule has 0 aliphatic rings. The van der Waals surface area contributed by atoms with E-state index in [1.165, 1.54) is 0 Å². The van der Waals surface area contributed by atoms with Gasteiger partial charge in [-0.2, -0.15) is 0 Å². The third-order valence-electron chi connectivity index (χ3n) is 5.54. The molecule has 0 unspecified atom stereocenters. The summed E-state index contributed by atoms with van der Waals surface area (Å²) in [5.74, 6) is 1.82. The Bertz CT molecular complexity index is 1070. The first kappa shape index (κ1) is 26.8. The van der Waals surface area contributed by atoms with E-state index in [1.807, 2.05) is 12.1 Å². The lowest BCUT2D eigenvalue weighted by molar-refractivity contribution is 0.101. The number of para-hydroxylation sites is 2. The maximum atomic E-state index is 13.0. The Balaban J connectivity index is 1.66. The molecule has 0 aromatic heterocycles. The number of benzene rings is 3. The molecule has 0 spiro atoms. The van der Waals surface area contributed by atoms with Crippen LogP contribution in [0.4, 0.5) is 11.4 Å². The summed E-state index contributed by atoms with van der Waals surface area (Å²) in [4.78, 5) is 25.9. The molecule has 0 saturated heterocycles. The van der Waals surface area contributed by atoms with Gasteiger partial charge in [0.15, 0.2) is 0 Å². The maximum absolute atomic E-state index is 13.0. The lowest BCUT2D eigenvalue weighted by Crippen LogP contribution is -2.17. The predicted molar refractivity (Wildman–Crippen MR) is 145 cm³/mol. The van der Waals surface area contributed by atoms with Gasteiger partial charge in [-0.05, 0) is 73.2 Å². The van der Waals surface area contributed by atoms with Gasteiger partial charge in [0.25, 0.3) is 11.8 Å². The Morgan fingerprint density at radius 2 is 1.06 bits per heavy atom. The summed E-state index contributed by atoms with van der Waals surface area (Å²) in [5.41, 5.74) is 1.96. The van der Waals surface area contributed by atoms with Crippen molar-refractivity contribution in [3.8, 4) is 11.5 Å². The molecule has 0 bridgehead atoms. The van der Waals surface area contributed by atoms with E-state index in [-0.39, 0.29) is 11.8 Å². The van der Waals surface area contributed by atoms with Crippen molar-refractivity contribution in [2.45, 2.75) is 40.5 Å². The van der Waals surface area contributed by atoms with E-state index >= 15 is 0 Å². The molecular weight excluding hydrogens is 452 g/mol. The van der Waals surface area contributed by atoms with Gasteiger partial charge in [-0.25, -0.2) is 0 Å². The molecule has 0 aliphatic carbocycles. The van der Waals surface area contributed by atoms with Crippen LogP contribution in [0.1, 0.15) is 61.3 Å². The average Bonchev–Trinajstić information content (AvgIpc) is 2.85. The fraction of sp³-hybridized carbons (Fsp3) is 0.333. The smallest absolute Gasteiger partial charge is 0.255 e. The van der Waals surface area contributed by atoms with Gasteiger partial charge in [0.05, 0.1) is 24.6 Å². The molecule has 0 fully saturated rings. The third kappa shape index (κ3) is 8.45. The minimum Gasteiger partial charge on any atom is -0.494 e. The number of hydrogen-bond acceptors (Lipinski definition) is 4. The van der Waals surface area contributed by atoms with Crippen LogP contribution in [0.2, 0.25) is 0 Å². The SMILES string of the molecule is CC(C)CCOc1cccc(C(=O)Nc2ccccc2NC(=O)c2cccc(OCCC(C)C)c2)c1. The number of carbonyl (C=O) groups is 2. The van der Waals surface area contributed by atoms with Crippen LogP contribution in [-0.2, 0) is 0 Å². The topological polar surface area (TPSA) is 76.7 Å². The number of rotatable bonds is 12. The highest BCUT2D eigenvalue weighted by atomic mass is 16.5. The fourth-order valence-corrected chi connectivity index (χ4v) is 3.37. The Labute approximate surface area is 214 Å². The van der Waals surface area contributed by atoms with Gasteiger partial charge >= 0.3 is 0 Å². The van der Waals surface area contributed by atoms with Crippen LogP contribution in [0, 0.1) is 11.8 Å². The molecule has 0 aliphatic heterocycles. The van der Waals surface area contributed by atoms with Crippen LogP contribution in [0.3, 0.4) is 0 Å². The Kier molecular flexibility index (Phi) is 9.92. The monoisotopic (exact) mass is 488 g/mol. The third-order valence-corrected chi connectivity index (χ3v) is 5.54. The molecule has 3 aromatic rings. The summed E-state index contributed by atoms with van der Waals surface area (Å²) in [6, 6.07) is 21.3. The predicted octanol–water partition coefficient (Wildman–Crippen LogP) is 7.04. The summed E-state index contributed by atoms with van der Waals surface area (Å²) in [6.07, 6.45) is 1.88. The summed E-state index contributed by atoms with van der Waals surface area (Å²) in [6.45, 7) is 9.76. The largest absolute Gasteiger partial charge is 0.494 e. The second-order valence-corrected chi connectivity index (χ2v) is 9.57. The summed E-state index contributed by atoms with van der Waals surface area (Å²) >= 11 is 0. The van der Waals surface area contributed by atoms with E-state index in [1.54, 1.807) is 60.7 Å². The highest BCUT2D eigenvalue weighted by Crippen LogP contribution is 2.24. The first-order valence-electron chi connectivity index (χ1n) is 12.5. The summed E-state index contributed by atoms with van der Waals surface area (Å²) in [5, 5.41) is 5.80. The van der Waals surface area contributed by atoms with Crippen LogP contribution < -0.4 is 20.1 Å². The van der Waals surface area contributed by atoms with Gasteiger partial charge in [-0.3, -0.25) is 9.59 Å². The molecule has 0 heterocycles. The van der Waals surface area contributed by atoms with Crippen LogP contribution in [0.5, 0.6) is 11.5 Å². The molecule has 6 heteroatoms. The zero-order valence-corrected chi connectivity index (χ0v) is 21.5. The van der Waals surface area contributed by atoms with E-state index < -0.39 is 0 Å². The molecule has 2 N–H and O–H groups in total. The van der Waals surface area contributed by atoms with Gasteiger partial charge in [-0.1, -0.05) is 52.0 Å². The molecule has 0 radical (unpaired) electrons. The van der Waals surface area contributed by atoms with E-state index in [0.717, 1.165) is 12.8 Å². The van der Waals surface area contributed by atoms with Crippen molar-refractivity contribution in [2.75, 3.05) is 23.8 Å². The Morgan fingerprint density at radius 1 is 0.639 bits per heavy atom. The van der Waals surface area contributed by atoms with Gasteiger partial charge in [0.2, 0.25) is 0 Å². The van der Waals surface area contributed by atoms with Crippen molar-refractivity contribution >= 4 is 23.2 Å². The van der Waals surface area contributed by atoms with Crippen molar-refractivity contribution in [3.05, 3.63) is 83.9 Å². The molecule has 3 aromatic carbocycles. The number of amides is 2. The molecule has 0 atom stereocenters. The summed E-state index contributed by atoms with van der Waals surface area (Å²) in [7, 11) is 0. The van der Waals surface area contributed by atoms with Crippen molar-refractivity contribution in [2.24, 2.45) is 11.8 Å². The molecular formula is C30H36N2O4. The number of hydrogen-bond donors (Lipinski definition) is 2. The standard InChI is InChI=1S/C30H36N2O4/c1-21(2)15-17-35-25-11-7-9-23(19-25)29(33)31-27-13-5-6-14-28(27)32-30(34)24-10-8-12-26(20-24)36-18-16-22(3)4/h5-14,19-22H,15-18H2,1-4H3,(H,31,33)(H,32,34). The number of anilines is 2. The van der Waals surface area contributed by atoms with Gasteiger partial charge in [0.1, 0.15) is 11.5 Å². The van der Waals surface area contributed by atoms with Crippen molar-refractivity contribution in [1.82, 2.24) is 0 Å². The first-order valence-corrected chi connectivity index (χ1v) is 12.5. The molecule has 36 heavy (non-hydrogen) atoms. The van der Waals surface area contributed by atoms with E-state index in [2.05, 4.69) is 38.3 Å². The van der Waals surface area contributed by atoms with E-state index in [0.29, 0.717) is 59.1 Å². The average molecular weight is 489 g/mol. The second kappa shape index (κ2) is 13.3. The van der Waals surface area contributed by atoms with Crippen LogP contribution in [0.25, 0.3) is 0 Å². The highest BCUT2D eigenvalue weighted by molar-refractivity contribution is 6.10. The molecule has 0 saturated carbocycles. The van der Waals surface area contributed by atoms with Crippen LogP contribution >= 0.6 is 0 Å². The van der Waals surface area contributed by atoms with Crippen molar-refractivity contribution < 1.29 is 19.1 Å². The number of ether oxygens (including phenoxy) is 2. The van der Waals surface area contributed by atoms with Crippen molar-refractivity contribution in [3.63, 3.8) is 0 Å². The van der Waals surface area contributed by atoms with Gasteiger partial charge < -0.3 is 20.1 Å². The lowest BCUT2D eigenvalue weighted by Gasteiger charge is -2.14.